The van der Waals surface area contributed by atoms with Crippen LogP contribution in [0, 0.1) is 0 Å². The number of benzene rings is 2. The Morgan fingerprint density at radius 2 is 2.09 bits per heavy atom. The molecule has 1 atom stereocenters. The smallest absolute Gasteiger partial charge is 0.124 e. The fourth-order valence-electron chi connectivity index (χ4n) is 2.90. The normalized spacial score (nSPS) is 18.2. The molecule has 0 saturated carbocycles. The van der Waals surface area contributed by atoms with Gasteiger partial charge in [0.15, 0.2) is 0 Å². The van der Waals surface area contributed by atoms with Gasteiger partial charge in [0.05, 0.1) is 6.10 Å². The van der Waals surface area contributed by atoms with E-state index in [-0.39, 0.29) is 6.10 Å². The molecule has 0 bridgehead atoms. The monoisotopic (exact) mass is 299 g/mol. The van der Waals surface area contributed by atoms with Crippen LogP contribution in [-0.4, -0.2) is 25.4 Å². The number of rotatable bonds is 6. The lowest BCUT2D eigenvalue weighted by Gasteiger charge is -2.18. The highest BCUT2D eigenvalue weighted by Crippen LogP contribution is 2.29. The molecule has 1 fully saturated rings. The summed E-state index contributed by atoms with van der Waals surface area (Å²) in [6.07, 6.45) is 2.50. The second kappa shape index (κ2) is 7.12. The summed E-state index contributed by atoms with van der Waals surface area (Å²) in [6, 6.07) is 13.2. The highest BCUT2D eigenvalue weighted by atomic mass is 16.5. The van der Waals surface area contributed by atoms with E-state index in [2.05, 4.69) is 55.6 Å². The summed E-state index contributed by atoms with van der Waals surface area (Å²) in [5.74, 6) is 0.974. The van der Waals surface area contributed by atoms with Gasteiger partial charge in [-0.3, -0.25) is 0 Å². The molecular formula is C19H25NO2. The van der Waals surface area contributed by atoms with Crippen LogP contribution in [0.25, 0.3) is 10.8 Å². The first-order valence-electron chi connectivity index (χ1n) is 8.22. The molecule has 3 nitrogen and oxygen atoms in total. The van der Waals surface area contributed by atoms with E-state index in [0.29, 0.717) is 12.6 Å². The van der Waals surface area contributed by atoms with Crippen molar-refractivity contribution in [2.75, 3.05) is 13.2 Å². The molecule has 0 spiro atoms. The van der Waals surface area contributed by atoms with Crippen molar-refractivity contribution in [3.8, 4) is 5.75 Å². The summed E-state index contributed by atoms with van der Waals surface area (Å²) in [5.41, 5.74) is 1.24. The molecule has 118 valence electrons. The Bertz CT molecular complexity index is 618. The lowest BCUT2D eigenvalue weighted by atomic mass is 10.0. The van der Waals surface area contributed by atoms with Crippen molar-refractivity contribution in [3.63, 3.8) is 0 Å². The highest BCUT2D eigenvalue weighted by molar-refractivity contribution is 5.87. The average Bonchev–Trinajstić information content (AvgIpc) is 3.04. The van der Waals surface area contributed by atoms with Gasteiger partial charge in [-0.2, -0.15) is 0 Å². The number of hydrogen-bond acceptors (Lipinski definition) is 3. The first-order chi connectivity index (χ1) is 10.7. The second-order valence-corrected chi connectivity index (χ2v) is 6.25. The molecule has 3 heteroatoms. The van der Waals surface area contributed by atoms with Crippen molar-refractivity contribution in [1.82, 2.24) is 5.32 Å². The van der Waals surface area contributed by atoms with Crippen molar-refractivity contribution >= 4 is 10.8 Å². The van der Waals surface area contributed by atoms with Gasteiger partial charge in [-0.05, 0) is 29.7 Å². The van der Waals surface area contributed by atoms with E-state index in [1.165, 1.54) is 16.3 Å². The molecule has 1 heterocycles. The van der Waals surface area contributed by atoms with E-state index in [0.717, 1.165) is 31.7 Å². The van der Waals surface area contributed by atoms with E-state index < -0.39 is 0 Å². The summed E-state index contributed by atoms with van der Waals surface area (Å²) in [6.45, 7) is 6.66. The molecular weight excluding hydrogens is 274 g/mol. The largest absolute Gasteiger partial charge is 0.491 e. The molecule has 1 aliphatic rings. The van der Waals surface area contributed by atoms with E-state index in [9.17, 15) is 0 Å². The van der Waals surface area contributed by atoms with Gasteiger partial charge in [-0.15, -0.1) is 0 Å². The molecule has 2 aromatic rings. The summed E-state index contributed by atoms with van der Waals surface area (Å²) < 4.78 is 11.8. The van der Waals surface area contributed by atoms with Crippen molar-refractivity contribution in [1.29, 1.82) is 0 Å². The Morgan fingerprint density at radius 1 is 1.23 bits per heavy atom. The molecule has 1 aliphatic heterocycles. The maximum absolute atomic E-state index is 6.10. The third-order valence-corrected chi connectivity index (χ3v) is 4.13. The maximum Gasteiger partial charge on any atom is 0.124 e. The molecule has 0 amide bonds. The van der Waals surface area contributed by atoms with Gasteiger partial charge in [-0.25, -0.2) is 0 Å². The van der Waals surface area contributed by atoms with Gasteiger partial charge < -0.3 is 14.8 Å². The second-order valence-electron chi connectivity index (χ2n) is 6.25. The minimum absolute atomic E-state index is 0.248. The van der Waals surface area contributed by atoms with E-state index in [4.69, 9.17) is 9.47 Å². The molecule has 2 aromatic carbocycles. The van der Waals surface area contributed by atoms with Crippen molar-refractivity contribution in [2.24, 2.45) is 0 Å². The maximum atomic E-state index is 6.10. The van der Waals surface area contributed by atoms with Crippen molar-refractivity contribution in [3.05, 3.63) is 42.0 Å². The van der Waals surface area contributed by atoms with Crippen LogP contribution in [0.4, 0.5) is 0 Å². The van der Waals surface area contributed by atoms with Crippen LogP contribution in [0.3, 0.4) is 0 Å². The van der Waals surface area contributed by atoms with Gasteiger partial charge in [0.25, 0.3) is 0 Å². The minimum atomic E-state index is 0.248. The standard InChI is InChI=1S/C19H25NO2/c1-14(2)20-12-18-17-8-4-3-6-15(17)9-10-19(18)22-13-16-7-5-11-21-16/h3-4,6,8-10,14,16,20H,5,7,11-13H2,1-2H3. The number of ether oxygens (including phenoxy) is 2. The predicted molar refractivity (Wildman–Crippen MR) is 90.4 cm³/mol. The SMILES string of the molecule is CC(C)NCc1c(OCC2CCCO2)ccc2ccccc12. The molecule has 3 rings (SSSR count). The number of nitrogens with one attached hydrogen (secondary N) is 1. The van der Waals surface area contributed by atoms with E-state index >= 15 is 0 Å². The molecule has 0 aliphatic carbocycles. The van der Waals surface area contributed by atoms with Gasteiger partial charge in [0.1, 0.15) is 12.4 Å². The van der Waals surface area contributed by atoms with Crippen LogP contribution in [0.5, 0.6) is 5.75 Å². The quantitative estimate of drug-likeness (QED) is 0.877. The Labute approximate surface area is 132 Å². The van der Waals surface area contributed by atoms with E-state index in [1.807, 2.05) is 0 Å². The first-order valence-corrected chi connectivity index (χ1v) is 8.22. The third-order valence-electron chi connectivity index (χ3n) is 4.13. The number of fused-ring (bicyclic) bond motifs is 1. The topological polar surface area (TPSA) is 30.5 Å². The van der Waals surface area contributed by atoms with Gasteiger partial charge in [0, 0.05) is 24.8 Å². The Morgan fingerprint density at radius 3 is 2.86 bits per heavy atom. The minimum Gasteiger partial charge on any atom is -0.491 e. The lowest BCUT2D eigenvalue weighted by Crippen LogP contribution is -2.23. The summed E-state index contributed by atoms with van der Waals surface area (Å²) >= 11 is 0. The molecule has 0 radical (unpaired) electrons. The summed E-state index contributed by atoms with van der Waals surface area (Å²) in [7, 11) is 0. The van der Waals surface area contributed by atoms with Crippen molar-refractivity contribution < 1.29 is 9.47 Å². The van der Waals surface area contributed by atoms with Crippen molar-refractivity contribution in [2.45, 2.75) is 45.4 Å². The fourth-order valence-corrected chi connectivity index (χ4v) is 2.90. The molecule has 22 heavy (non-hydrogen) atoms. The van der Waals surface area contributed by atoms with Crippen LogP contribution in [0.1, 0.15) is 32.3 Å². The predicted octanol–water partition coefficient (Wildman–Crippen LogP) is 3.90. The molecule has 1 unspecified atom stereocenters. The van der Waals surface area contributed by atoms with Gasteiger partial charge in [0.2, 0.25) is 0 Å². The van der Waals surface area contributed by atoms with Gasteiger partial charge >= 0.3 is 0 Å². The number of hydrogen-bond donors (Lipinski definition) is 1. The Hall–Kier alpha value is -1.58. The molecule has 0 aromatic heterocycles. The van der Waals surface area contributed by atoms with Crippen LogP contribution in [0.2, 0.25) is 0 Å². The Balaban J connectivity index is 1.84. The average molecular weight is 299 g/mol. The zero-order valence-corrected chi connectivity index (χ0v) is 13.5. The highest BCUT2D eigenvalue weighted by Gasteiger charge is 2.17. The van der Waals surface area contributed by atoms with Gasteiger partial charge in [-0.1, -0.05) is 44.2 Å². The van der Waals surface area contributed by atoms with Crippen LogP contribution < -0.4 is 10.1 Å². The zero-order valence-electron chi connectivity index (χ0n) is 13.5. The van der Waals surface area contributed by atoms with Crippen LogP contribution in [-0.2, 0) is 11.3 Å². The first kappa shape index (κ1) is 15.3. The van der Waals surface area contributed by atoms with Crippen LogP contribution in [0.15, 0.2) is 36.4 Å². The lowest BCUT2D eigenvalue weighted by molar-refractivity contribution is 0.0676. The summed E-state index contributed by atoms with van der Waals surface area (Å²) in [5, 5.41) is 6.03. The van der Waals surface area contributed by atoms with Crippen LogP contribution >= 0.6 is 0 Å². The fraction of sp³-hybridized carbons (Fsp3) is 0.474. The molecule has 1 saturated heterocycles. The Kier molecular flexibility index (Phi) is 4.96. The summed E-state index contributed by atoms with van der Waals surface area (Å²) in [4.78, 5) is 0. The zero-order chi connectivity index (χ0) is 15.4. The molecule has 1 N–H and O–H groups in total. The van der Waals surface area contributed by atoms with E-state index in [1.54, 1.807) is 0 Å². The third kappa shape index (κ3) is 3.60.